The summed E-state index contributed by atoms with van der Waals surface area (Å²) in [5, 5.41) is 22.1. The van der Waals surface area contributed by atoms with E-state index in [2.05, 4.69) is 0 Å². The van der Waals surface area contributed by atoms with Crippen molar-refractivity contribution in [3.63, 3.8) is 0 Å². The Morgan fingerprint density at radius 2 is 1.76 bits per heavy atom. The summed E-state index contributed by atoms with van der Waals surface area (Å²) in [6.45, 7) is 6.73. The lowest BCUT2D eigenvalue weighted by Crippen LogP contribution is -2.52. The number of benzene rings is 1. The van der Waals surface area contributed by atoms with E-state index in [0.29, 0.717) is 0 Å². The van der Waals surface area contributed by atoms with Crippen molar-refractivity contribution >= 4 is 23.1 Å². The van der Waals surface area contributed by atoms with Gasteiger partial charge in [0.2, 0.25) is 0 Å². The van der Waals surface area contributed by atoms with Gasteiger partial charge in [0.25, 0.3) is 11.4 Å². The molecule has 0 spiro atoms. The number of hydrogen-bond donors (Lipinski definition) is 0. The molecule has 1 aromatic rings. The van der Waals surface area contributed by atoms with Gasteiger partial charge >= 0.3 is 5.97 Å². The lowest BCUT2D eigenvalue weighted by molar-refractivity contribution is -0.394. The smallest absolute Gasteiger partial charge is 0.339 e. The van der Waals surface area contributed by atoms with E-state index in [9.17, 15) is 29.8 Å². The first-order chi connectivity index (χ1) is 13.4. The molecule has 2 rings (SSSR count). The third-order valence-electron chi connectivity index (χ3n) is 4.15. The Labute approximate surface area is 166 Å². The minimum absolute atomic E-state index is 0.0228. The van der Waals surface area contributed by atoms with Crippen LogP contribution in [-0.4, -0.2) is 46.2 Å². The molecule has 1 heterocycles. The summed E-state index contributed by atoms with van der Waals surface area (Å²) < 4.78 is 16.4. The van der Waals surface area contributed by atoms with Crippen LogP contribution in [0.3, 0.4) is 0 Å². The zero-order valence-corrected chi connectivity index (χ0v) is 16.4. The van der Waals surface area contributed by atoms with Crippen LogP contribution >= 0.6 is 0 Å². The number of Topliss-reactive ketones (excluding diaryl/α,β-unsaturated/α-hetero) is 1. The third-order valence-corrected chi connectivity index (χ3v) is 4.15. The molecule has 29 heavy (non-hydrogen) atoms. The molecule has 0 bridgehead atoms. The molecule has 0 unspecified atom stereocenters. The third kappa shape index (κ3) is 5.78. The summed E-state index contributed by atoms with van der Waals surface area (Å²) in [7, 11) is 0. The fourth-order valence-electron chi connectivity index (χ4n) is 2.84. The molecule has 0 N–H and O–H groups in total. The number of non-ortho nitro benzene ring substituents is 2. The fourth-order valence-corrected chi connectivity index (χ4v) is 2.84. The van der Waals surface area contributed by atoms with Gasteiger partial charge in [-0.25, -0.2) is 4.79 Å². The van der Waals surface area contributed by atoms with Gasteiger partial charge in [-0.3, -0.25) is 25.0 Å². The summed E-state index contributed by atoms with van der Waals surface area (Å²) in [6.07, 6.45) is -1.80. The van der Waals surface area contributed by atoms with Gasteiger partial charge in [-0.2, -0.15) is 0 Å². The molecule has 1 saturated heterocycles. The average molecular weight is 410 g/mol. The largest absolute Gasteiger partial charge is 0.455 e. The van der Waals surface area contributed by atoms with Crippen molar-refractivity contribution in [1.29, 1.82) is 0 Å². The number of nitro benzene ring substituents is 2. The number of ether oxygens (including phenoxy) is 3. The van der Waals surface area contributed by atoms with Crippen molar-refractivity contribution in [2.24, 2.45) is 5.92 Å². The number of carbonyl (C=O) groups is 2. The predicted molar refractivity (Wildman–Crippen MR) is 98.3 cm³/mol. The Hall–Kier alpha value is -2.92. The van der Waals surface area contributed by atoms with Crippen molar-refractivity contribution in [3.8, 4) is 0 Å². The van der Waals surface area contributed by atoms with E-state index >= 15 is 0 Å². The normalized spacial score (nSPS) is 19.6. The molecule has 11 heteroatoms. The molecule has 11 nitrogen and oxygen atoms in total. The Kier molecular flexibility index (Phi) is 6.65. The van der Waals surface area contributed by atoms with Crippen molar-refractivity contribution < 1.29 is 33.6 Å². The van der Waals surface area contributed by atoms with E-state index in [4.69, 9.17) is 14.2 Å². The van der Waals surface area contributed by atoms with Crippen LogP contribution in [0.5, 0.6) is 0 Å². The van der Waals surface area contributed by atoms with E-state index in [-0.39, 0.29) is 24.5 Å². The lowest BCUT2D eigenvalue weighted by Gasteiger charge is -2.38. The molecule has 1 fully saturated rings. The molecule has 0 aromatic heterocycles. The first kappa shape index (κ1) is 22.4. The molecular weight excluding hydrogens is 388 g/mol. The molecule has 0 saturated carbocycles. The SMILES string of the molecule is CC(C)C[C@H](OC(=O)c1cc([N+](=O)[O-])cc([N+](=O)[O-])c1)[C@@H]1OC(C)(C)OCC1=O. The van der Waals surface area contributed by atoms with Gasteiger partial charge in [0, 0.05) is 12.1 Å². The Balaban J connectivity index is 2.34. The van der Waals surface area contributed by atoms with E-state index in [0.717, 1.165) is 18.2 Å². The Morgan fingerprint density at radius 1 is 1.21 bits per heavy atom. The molecule has 0 radical (unpaired) electrons. The van der Waals surface area contributed by atoms with Gasteiger partial charge in [-0.1, -0.05) is 13.8 Å². The number of hydrogen-bond acceptors (Lipinski definition) is 9. The van der Waals surface area contributed by atoms with Crippen LogP contribution in [0.15, 0.2) is 18.2 Å². The fraction of sp³-hybridized carbons (Fsp3) is 0.556. The van der Waals surface area contributed by atoms with Gasteiger partial charge in [0.15, 0.2) is 17.7 Å². The van der Waals surface area contributed by atoms with Crippen LogP contribution in [0.25, 0.3) is 0 Å². The molecule has 0 amide bonds. The minimum atomic E-state index is -1.08. The van der Waals surface area contributed by atoms with Gasteiger partial charge in [0.1, 0.15) is 12.7 Å². The number of nitro groups is 2. The molecular formula is C18H22N2O9. The molecule has 1 aliphatic heterocycles. The summed E-state index contributed by atoms with van der Waals surface area (Å²) >= 11 is 0. The van der Waals surface area contributed by atoms with Gasteiger partial charge in [-0.15, -0.1) is 0 Å². The number of nitrogens with zero attached hydrogens (tertiary/aromatic N) is 2. The van der Waals surface area contributed by atoms with Crippen LogP contribution in [0.4, 0.5) is 11.4 Å². The molecule has 0 aliphatic carbocycles. The van der Waals surface area contributed by atoms with Crippen molar-refractivity contribution in [2.45, 2.75) is 52.1 Å². The van der Waals surface area contributed by atoms with Gasteiger partial charge in [0.05, 0.1) is 21.5 Å². The zero-order valence-electron chi connectivity index (χ0n) is 16.4. The van der Waals surface area contributed by atoms with Crippen molar-refractivity contribution in [2.75, 3.05) is 6.61 Å². The number of esters is 1. The lowest BCUT2D eigenvalue weighted by atomic mass is 9.98. The Bertz CT molecular complexity index is 802. The van der Waals surface area contributed by atoms with Crippen LogP contribution in [0.1, 0.15) is 44.5 Å². The maximum absolute atomic E-state index is 12.6. The highest BCUT2D eigenvalue weighted by atomic mass is 16.7. The molecule has 2 atom stereocenters. The number of carbonyl (C=O) groups excluding carboxylic acids is 2. The van der Waals surface area contributed by atoms with Crippen LogP contribution in [-0.2, 0) is 19.0 Å². The summed E-state index contributed by atoms with van der Waals surface area (Å²) in [5.41, 5.74) is -1.60. The van der Waals surface area contributed by atoms with E-state index in [1.165, 1.54) is 0 Å². The van der Waals surface area contributed by atoms with Crippen LogP contribution in [0.2, 0.25) is 0 Å². The summed E-state index contributed by atoms with van der Waals surface area (Å²) in [5.74, 6) is -2.48. The highest BCUT2D eigenvalue weighted by Gasteiger charge is 2.42. The maximum atomic E-state index is 12.6. The van der Waals surface area contributed by atoms with E-state index in [1.807, 2.05) is 13.8 Å². The number of rotatable bonds is 7. The van der Waals surface area contributed by atoms with E-state index in [1.54, 1.807) is 13.8 Å². The second kappa shape index (κ2) is 8.62. The Morgan fingerprint density at radius 3 is 2.24 bits per heavy atom. The molecule has 158 valence electrons. The number of ketones is 1. The average Bonchev–Trinajstić information content (AvgIpc) is 2.62. The van der Waals surface area contributed by atoms with Gasteiger partial charge < -0.3 is 14.2 Å². The minimum Gasteiger partial charge on any atom is -0.455 e. The summed E-state index contributed by atoms with van der Waals surface area (Å²) in [6, 6.07) is 2.52. The van der Waals surface area contributed by atoms with Crippen LogP contribution < -0.4 is 0 Å². The standard InChI is InChI=1S/C18H22N2O9/c1-10(2)5-15(16-14(21)9-27-18(3,4)29-16)28-17(22)11-6-12(19(23)24)8-13(7-11)20(25)26/h6-8,10,15-16H,5,9H2,1-4H3/t15-,16+/m0/s1. The topological polar surface area (TPSA) is 148 Å². The quantitative estimate of drug-likeness (QED) is 0.376. The monoisotopic (exact) mass is 410 g/mol. The van der Waals surface area contributed by atoms with Crippen molar-refractivity contribution in [3.05, 3.63) is 44.0 Å². The second-order valence-electron chi connectivity index (χ2n) is 7.52. The maximum Gasteiger partial charge on any atom is 0.339 e. The van der Waals surface area contributed by atoms with Gasteiger partial charge in [-0.05, 0) is 26.2 Å². The van der Waals surface area contributed by atoms with E-state index < -0.39 is 51.0 Å². The zero-order chi connectivity index (χ0) is 21.9. The van der Waals surface area contributed by atoms with Crippen LogP contribution in [0, 0.1) is 26.1 Å². The molecule has 1 aromatic carbocycles. The highest BCUT2D eigenvalue weighted by molar-refractivity contribution is 5.92. The first-order valence-corrected chi connectivity index (χ1v) is 8.89. The first-order valence-electron chi connectivity index (χ1n) is 8.89. The summed E-state index contributed by atoms with van der Waals surface area (Å²) in [4.78, 5) is 45.3. The predicted octanol–water partition coefficient (Wildman–Crippen LogP) is 2.80. The molecule has 1 aliphatic rings. The van der Waals surface area contributed by atoms with Crippen molar-refractivity contribution in [1.82, 2.24) is 0 Å². The second-order valence-corrected chi connectivity index (χ2v) is 7.52. The highest BCUT2D eigenvalue weighted by Crippen LogP contribution is 2.28.